The van der Waals surface area contributed by atoms with Crippen LogP contribution in [0.15, 0.2) is 17.3 Å². The van der Waals surface area contributed by atoms with E-state index in [9.17, 15) is 4.79 Å². The molecule has 0 amide bonds. The molecular formula is C14H18N4O. The molecule has 0 saturated carbocycles. The van der Waals surface area contributed by atoms with E-state index >= 15 is 0 Å². The molecule has 3 rings (SSSR count). The lowest BCUT2D eigenvalue weighted by Gasteiger charge is -2.14. The Bertz CT molecular complexity index is 506. The number of carbonyl (C=O) groups is 1. The summed E-state index contributed by atoms with van der Waals surface area (Å²) >= 11 is 0. The Kier molecular flexibility index (Phi) is 3.66. The molecule has 1 atom stereocenters. The average Bonchev–Trinajstić information content (AvgIpc) is 2.93. The zero-order valence-electron chi connectivity index (χ0n) is 10.9. The Labute approximate surface area is 112 Å². The molecule has 19 heavy (non-hydrogen) atoms. The Morgan fingerprint density at radius 1 is 1.47 bits per heavy atom. The van der Waals surface area contributed by atoms with Gasteiger partial charge in [-0.1, -0.05) is 0 Å². The number of aliphatic imine (C=N–C) groups is 1. The first-order chi connectivity index (χ1) is 9.34. The van der Waals surface area contributed by atoms with E-state index in [4.69, 9.17) is 0 Å². The smallest absolute Gasteiger partial charge is 0.170 e. The summed E-state index contributed by atoms with van der Waals surface area (Å²) in [5.41, 5.74) is 2.30. The minimum Gasteiger partial charge on any atom is -0.313 e. The van der Waals surface area contributed by atoms with Crippen LogP contribution < -0.4 is 10.6 Å². The summed E-state index contributed by atoms with van der Waals surface area (Å²) in [7, 11) is 0. The lowest BCUT2D eigenvalue weighted by molar-refractivity contribution is 0.100. The minimum atomic E-state index is 0.131. The minimum absolute atomic E-state index is 0.131. The summed E-state index contributed by atoms with van der Waals surface area (Å²) in [5, 5.41) is 6.84. The molecule has 5 nitrogen and oxygen atoms in total. The van der Waals surface area contributed by atoms with E-state index in [1.54, 1.807) is 18.5 Å². The summed E-state index contributed by atoms with van der Waals surface area (Å²) < 4.78 is 0. The predicted molar refractivity (Wildman–Crippen MR) is 74.1 cm³/mol. The first-order valence-corrected chi connectivity index (χ1v) is 6.82. The van der Waals surface area contributed by atoms with E-state index in [-0.39, 0.29) is 5.78 Å². The number of nitrogens with zero attached hydrogens (tertiary/aromatic N) is 2. The molecule has 0 unspecified atom stereocenters. The number of hydrogen-bond acceptors (Lipinski definition) is 5. The second-order valence-electron chi connectivity index (χ2n) is 5.02. The van der Waals surface area contributed by atoms with Gasteiger partial charge < -0.3 is 10.6 Å². The van der Waals surface area contributed by atoms with Crippen molar-refractivity contribution in [1.82, 2.24) is 15.6 Å². The van der Waals surface area contributed by atoms with Crippen molar-refractivity contribution < 1.29 is 4.79 Å². The van der Waals surface area contributed by atoms with Gasteiger partial charge >= 0.3 is 0 Å². The number of carbonyl (C=O) groups excluding carboxylic acids is 1. The van der Waals surface area contributed by atoms with Gasteiger partial charge in [-0.25, -0.2) is 0 Å². The third-order valence-electron chi connectivity index (χ3n) is 3.64. The first kappa shape index (κ1) is 12.4. The molecule has 0 bridgehead atoms. The highest BCUT2D eigenvalue weighted by atomic mass is 16.1. The standard InChI is InChI=1S/C14H18N4O/c19-13-4-7-18-14-11(13)3-6-17-12(14)9-15-8-10-2-1-5-16-10/h3,6-7,10,15-16H,1-2,4-5,8-9H2/t10-/m0/s1. The van der Waals surface area contributed by atoms with Gasteiger partial charge in [0, 0.05) is 43.5 Å². The van der Waals surface area contributed by atoms with Gasteiger partial charge in [0.05, 0.1) is 11.4 Å². The van der Waals surface area contributed by atoms with Crippen molar-refractivity contribution >= 4 is 17.7 Å². The monoisotopic (exact) mass is 258 g/mol. The van der Waals surface area contributed by atoms with Crippen molar-refractivity contribution in [3.8, 4) is 0 Å². The van der Waals surface area contributed by atoms with Gasteiger partial charge in [0.1, 0.15) is 0 Å². The molecule has 1 saturated heterocycles. The van der Waals surface area contributed by atoms with Gasteiger partial charge in [-0.2, -0.15) is 0 Å². The lowest BCUT2D eigenvalue weighted by atomic mass is 10.0. The van der Waals surface area contributed by atoms with Crippen LogP contribution >= 0.6 is 0 Å². The summed E-state index contributed by atoms with van der Waals surface area (Å²) in [5.74, 6) is 0.131. The maximum atomic E-state index is 11.8. The van der Waals surface area contributed by atoms with Gasteiger partial charge in [-0.3, -0.25) is 14.8 Å². The number of hydrogen-bond donors (Lipinski definition) is 2. The van der Waals surface area contributed by atoms with Crippen molar-refractivity contribution in [2.45, 2.75) is 31.8 Å². The molecule has 3 heterocycles. The van der Waals surface area contributed by atoms with Crippen LogP contribution in [0.25, 0.3) is 0 Å². The van der Waals surface area contributed by atoms with E-state index in [0.29, 0.717) is 24.6 Å². The maximum absolute atomic E-state index is 11.8. The zero-order chi connectivity index (χ0) is 13.1. The molecule has 0 aliphatic carbocycles. The largest absolute Gasteiger partial charge is 0.313 e. The summed E-state index contributed by atoms with van der Waals surface area (Å²) in [6, 6.07) is 2.32. The highest BCUT2D eigenvalue weighted by Gasteiger charge is 2.18. The second-order valence-corrected chi connectivity index (χ2v) is 5.02. The Morgan fingerprint density at radius 3 is 3.26 bits per heavy atom. The quantitative estimate of drug-likeness (QED) is 0.852. The highest BCUT2D eigenvalue weighted by Crippen LogP contribution is 2.26. The van der Waals surface area contributed by atoms with Crippen molar-refractivity contribution in [3.63, 3.8) is 0 Å². The fourth-order valence-corrected chi connectivity index (χ4v) is 2.62. The topological polar surface area (TPSA) is 66.4 Å². The van der Waals surface area contributed by atoms with E-state index in [0.717, 1.165) is 24.5 Å². The Morgan fingerprint density at radius 2 is 2.42 bits per heavy atom. The van der Waals surface area contributed by atoms with Crippen LogP contribution in [0.5, 0.6) is 0 Å². The molecule has 0 spiro atoms. The van der Waals surface area contributed by atoms with E-state index in [2.05, 4.69) is 20.6 Å². The van der Waals surface area contributed by atoms with Gasteiger partial charge in [0.25, 0.3) is 0 Å². The van der Waals surface area contributed by atoms with E-state index in [1.165, 1.54) is 12.8 Å². The Balaban J connectivity index is 1.66. The molecule has 5 heteroatoms. The fourth-order valence-electron chi connectivity index (χ4n) is 2.62. The number of ketones is 1. The van der Waals surface area contributed by atoms with Gasteiger partial charge in [0.2, 0.25) is 0 Å². The van der Waals surface area contributed by atoms with Crippen molar-refractivity contribution in [3.05, 3.63) is 23.5 Å². The van der Waals surface area contributed by atoms with Crippen molar-refractivity contribution in [2.75, 3.05) is 13.1 Å². The van der Waals surface area contributed by atoms with Crippen LogP contribution in [-0.2, 0) is 6.54 Å². The predicted octanol–water partition coefficient (Wildman–Crippen LogP) is 1.21. The van der Waals surface area contributed by atoms with Crippen molar-refractivity contribution in [2.24, 2.45) is 4.99 Å². The number of pyridine rings is 1. The molecule has 1 aromatic heterocycles. The molecule has 0 aromatic carbocycles. The third-order valence-corrected chi connectivity index (χ3v) is 3.64. The zero-order valence-corrected chi connectivity index (χ0v) is 10.9. The average molecular weight is 258 g/mol. The van der Waals surface area contributed by atoms with Gasteiger partial charge in [0.15, 0.2) is 5.78 Å². The number of Topliss-reactive ketones (excluding diaryl/α,β-unsaturated/α-hetero) is 1. The first-order valence-electron chi connectivity index (χ1n) is 6.82. The SMILES string of the molecule is O=C1CC=Nc2c1ccnc2CNC[C@@H]1CCCN1. The van der Waals surface area contributed by atoms with Crippen molar-refractivity contribution in [1.29, 1.82) is 0 Å². The number of nitrogens with one attached hydrogen (secondary N) is 2. The molecule has 2 aliphatic rings. The maximum Gasteiger partial charge on any atom is 0.170 e. The molecule has 2 aliphatic heterocycles. The summed E-state index contributed by atoms with van der Waals surface area (Å²) in [4.78, 5) is 20.4. The van der Waals surface area contributed by atoms with Crippen LogP contribution in [0.4, 0.5) is 5.69 Å². The number of fused-ring (bicyclic) bond motifs is 1. The molecule has 100 valence electrons. The van der Waals surface area contributed by atoms with Crippen LogP contribution in [0.1, 0.15) is 35.3 Å². The molecule has 1 fully saturated rings. The van der Waals surface area contributed by atoms with E-state index in [1.807, 2.05) is 0 Å². The summed E-state index contributed by atoms with van der Waals surface area (Å²) in [6.07, 6.45) is 6.25. The molecule has 0 radical (unpaired) electrons. The normalized spacial score (nSPS) is 21.7. The van der Waals surface area contributed by atoms with Gasteiger partial charge in [-0.05, 0) is 25.5 Å². The van der Waals surface area contributed by atoms with Crippen LogP contribution in [0.2, 0.25) is 0 Å². The van der Waals surface area contributed by atoms with Crippen LogP contribution in [-0.4, -0.2) is 36.1 Å². The highest BCUT2D eigenvalue weighted by molar-refractivity contribution is 6.10. The summed E-state index contributed by atoms with van der Waals surface area (Å²) in [6.45, 7) is 2.71. The van der Waals surface area contributed by atoms with E-state index < -0.39 is 0 Å². The van der Waals surface area contributed by atoms with Crippen LogP contribution in [0.3, 0.4) is 0 Å². The third kappa shape index (κ3) is 2.72. The Hall–Kier alpha value is -1.59. The molecule has 2 N–H and O–H groups in total. The molecular weight excluding hydrogens is 240 g/mol. The second kappa shape index (κ2) is 5.59. The fraction of sp³-hybridized carbons (Fsp3) is 0.500. The number of rotatable bonds is 4. The lowest BCUT2D eigenvalue weighted by Crippen LogP contribution is -2.33. The van der Waals surface area contributed by atoms with Crippen LogP contribution in [0, 0.1) is 0 Å². The molecule has 1 aromatic rings. The van der Waals surface area contributed by atoms with Gasteiger partial charge in [-0.15, -0.1) is 0 Å². The number of aromatic nitrogens is 1.